The second-order valence-corrected chi connectivity index (χ2v) is 5.59. The first-order valence-electron chi connectivity index (χ1n) is 6.94. The fraction of sp³-hybridized carbons (Fsp3) is 0.438. The first kappa shape index (κ1) is 11.4. The van der Waals surface area contributed by atoms with Gasteiger partial charge in [0.1, 0.15) is 0 Å². The minimum atomic E-state index is 0.0337. The Morgan fingerprint density at radius 2 is 2.42 bits per heavy atom. The van der Waals surface area contributed by atoms with Crippen molar-refractivity contribution in [1.82, 2.24) is 9.88 Å². The highest BCUT2D eigenvalue weighted by Crippen LogP contribution is 2.50. The molecule has 0 radical (unpaired) electrons. The Labute approximate surface area is 113 Å². The zero-order valence-electron chi connectivity index (χ0n) is 11.2. The molecule has 0 saturated carbocycles. The van der Waals surface area contributed by atoms with Gasteiger partial charge in [0.25, 0.3) is 0 Å². The third-order valence-corrected chi connectivity index (χ3v) is 4.84. The molecule has 4 rings (SSSR count). The second kappa shape index (κ2) is 4.02. The van der Waals surface area contributed by atoms with Crippen LogP contribution in [0.5, 0.6) is 0 Å². The Morgan fingerprint density at radius 3 is 3.32 bits per heavy atom. The van der Waals surface area contributed by atoms with Crippen LogP contribution in [0.4, 0.5) is 0 Å². The molecular formula is C16H18N2O. The minimum Gasteiger partial charge on any atom is -0.377 e. The highest BCUT2D eigenvalue weighted by atomic mass is 16.5. The summed E-state index contributed by atoms with van der Waals surface area (Å²) in [6, 6.07) is 2.20. The molecular weight excluding hydrogens is 236 g/mol. The van der Waals surface area contributed by atoms with Crippen LogP contribution < -0.4 is 0 Å². The van der Waals surface area contributed by atoms with E-state index in [0.717, 1.165) is 25.9 Å². The lowest BCUT2D eigenvalue weighted by atomic mass is 9.72. The highest BCUT2D eigenvalue weighted by molar-refractivity contribution is 5.51. The molecule has 3 heteroatoms. The first-order valence-corrected chi connectivity index (χ1v) is 6.94. The molecule has 0 N–H and O–H groups in total. The molecule has 2 aliphatic heterocycles. The summed E-state index contributed by atoms with van der Waals surface area (Å²) in [4.78, 5) is 6.90. The number of ether oxygens (including phenoxy) is 1. The Balaban J connectivity index is 1.91. The Bertz CT molecular complexity index is 578. The van der Waals surface area contributed by atoms with E-state index in [1.54, 1.807) is 7.11 Å². The van der Waals surface area contributed by atoms with Crippen molar-refractivity contribution in [2.24, 2.45) is 0 Å². The summed E-state index contributed by atoms with van der Waals surface area (Å²) in [6.07, 6.45) is 13.1. The summed E-state index contributed by atoms with van der Waals surface area (Å²) < 4.78 is 5.60. The number of aromatic nitrogens is 1. The Morgan fingerprint density at radius 1 is 1.47 bits per heavy atom. The lowest BCUT2D eigenvalue weighted by Crippen LogP contribution is -2.51. The molecule has 3 aliphatic rings. The summed E-state index contributed by atoms with van der Waals surface area (Å²) in [5.74, 6) is 0. The van der Waals surface area contributed by atoms with Crippen molar-refractivity contribution < 1.29 is 4.74 Å². The number of pyridine rings is 1. The number of hydrogen-bond acceptors (Lipinski definition) is 3. The fourth-order valence-electron chi connectivity index (χ4n) is 3.90. The van der Waals surface area contributed by atoms with Crippen LogP contribution in [-0.2, 0) is 16.7 Å². The van der Waals surface area contributed by atoms with E-state index in [-0.39, 0.29) is 11.6 Å². The van der Waals surface area contributed by atoms with Gasteiger partial charge in [-0.25, -0.2) is 0 Å². The topological polar surface area (TPSA) is 25.4 Å². The van der Waals surface area contributed by atoms with Crippen molar-refractivity contribution in [3.8, 4) is 0 Å². The maximum Gasteiger partial charge on any atom is 0.0779 e. The normalized spacial score (nSPS) is 32.5. The molecule has 19 heavy (non-hydrogen) atoms. The third kappa shape index (κ3) is 1.43. The van der Waals surface area contributed by atoms with Crippen molar-refractivity contribution in [3.63, 3.8) is 0 Å². The summed E-state index contributed by atoms with van der Waals surface area (Å²) in [5, 5.41) is 0. The van der Waals surface area contributed by atoms with Gasteiger partial charge in [0.05, 0.1) is 11.6 Å². The number of rotatable bonds is 1. The summed E-state index contributed by atoms with van der Waals surface area (Å²) in [5.41, 5.74) is 4.31. The van der Waals surface area contributed by atoms with Crippen LogP contribution in [0.1, 0.15) is 17.5 Å². The maximum atomic E-state index is 5.60. The number of methoxy groups -OCH3 is 1. The fourth-order valence-corrected chi connectivity index (χ4v) is 3.90. The van der Waals surface area contributed by atoms with Crippen LogP contribution in [-0.4, -0.2) is 36.2 Å². The molecule has 2 atom stereocenters. The van der Waals surface area contributed by atoms with Gasteiger partial charge in [0.15, 0.2) is 0 Å². The largest absolute Gasteiger partial charge is 0.377 e. The molecule has 3 nitrogen and oxygen atoms in total. The molecule has 98 valence electrons. The van der Waals surface area contributed by atoms with E-state index in [1.165, 1.54) is 16.7 Å². The zero-order chi connectivity index (χ0) is 12.9. The predicted molar refractivity (Wildman–Crippen MR) is 73.8 cm³/mol. The average Bonchev–Trinajstić information content (AvgIpc) is 2.86. The van der Waals surface area contributed by atoms with E-state index in [1.807, 2.05) is 12.4 Å². The molecule has 1 spiro atoms. The van der Waals surface area contributed by atoms with Gasteiger partial charge >= 0.3 is 0 Å². The molecule has 0 saturated heterocycles. The highest BCUT2D eigenvalue weighted by Gasteiger charge is 2.49. The summed E-state index contributed by atoms with van der Waals surface area (Å²) in [7, 11) is 1.80. The first-order chi connectivity index (χ1) is 9.34. The van der Waals surface area contributed by atoms with Gasteiger partial charge in [-0.15, -0.1) is 0 Å². The van der Waals surface area contributed by atoms with E-state index in [0.29, 0.717) is 0 Å². The van der Waals surface area contributed by atoms with E-state index >= 15 is 0 Å². The minimum absolute atomic E-state index is 0.0337. The van der Waals surface area contributed by atoms with Gasteiger partial charge in [-0.2, -0.15) is 0 Å². The number of hydrogen-bond donors (Lipinski definition) is 0. The van der Waals surface area contributed by atoms with Gasteiger partial charge in [0.2, 0.25) is 0 Å². The SMILES string of the molecule is CO[C@H]1C=CC2=CCN3CCc4cnccc4[C@]23C1. The van der Waals surface area contributed by atoms with Gasteiger partial charge in [-0.05, 0) is 29.2 Å². The Kier molecular flexibility index (Phi) is 2.41. The maximum absolute atomic E-state index is 5.60. The van der Waals surface area contributed by atoms with Crippen molar-refractivity contribution in [2.45, 2.75) is 24.5 Å². The number of nitrogens with zero attached hydrogens (tertiary/aromatic N) is 2. The van der Waals surface area contributed by atoms with E-state index < -0.39 is 0 Å². The van der Waals surface area contributed by atoms with Crippen molar-refractivity contribution >= 4 is 0 Å². The lowest BCUT2D eigenvalue weighted by molar-refractivity contribution is 0.0514. The van der Waals surface area contributed by atoms with Crippen LogP contribution >= 0.6 is 0 Å². The molecule has 3 heterocycles. The monoisotopic (exact) mass is 254 g/mol. The molecule has 1 aromatic heterocycles. The smallest absolute Gasteiger partial charge is 0.0779 e. The third-order valence-electron chi connectivity index (χ3n) is 4.84. The van der Waals surface area contributed by atoms with Crippen LogP contribution in [0.2, 0.25) is 0 Å². The molecule has 1 aromatic rings. The molecule has 0 fully saturated rings. The molecule has 0 aromatic carbocycles. The van der Waals surface area contributed by atoms with Gasteiger partial charge in [-0.3, -0.25) is 9.88 Å². The van der Waals surface area contributed by atoms with Crippen LogP contribution in [0, 0.1) is 0 Å². The lowest BCUT2D eigenvalue weighted by Gasteiger charge is -2.48. The van der Waals surface area contributed by atoms with Crippen molar-refractivity contribution in [2.75, 3.05) is 20.2 Å². The molecule has 0 unspecified atom stereocenters. The molecule has 0 amide bonds. The van der Waals surface area contributed by atoms with Crippen molar-refractivity contribution in [3.05, 3.63) is 53.4 Å². The second-order valence-electron chi connectivity index (χ2n) is 5.59. The predicted octanol–water partition coefficient (Wildman–Crippen LogP) is 2.05. The van der Waals surface area contributed by atoms with Gasteiger partial charge < -0.3 is 4.74 Å². The van der Waals surface area contributed by atoms with E-state index in [4.69, 9.17) is 4.74 Å². The van der Waals surface area contributed by atoms with Gasteiger partial charge in [-0.1, -0.05) is 18.2 Å². The van der Waals surface area contributed by atoms with Crippen LogP contribution in [0.15, 0.2) is 42.3 Å². The van der Waals surface area contributed by atoms with Crippen LogP contribution in [0.3, 0.4) is 0 Å². The summed E-state index contributed by atoms with van der Waals surface area (Å²) >= 11 is 0. The van der Waals surface area contributed by atoms with Crippen LogP contribution in [0.25, 0.3) is 0 Å². The summed E-state index contributed by atoms with van der Waals surface area (Å²) in [6.45, 7) is 2.17. The molecule has 0 bridgehead atoms. The average molecular weight is 254 g/mol. The number of fused-ring (bicyclic) bond motifs is 1. The van der Waals surface area contributed by atoms with E-state index in [9.17, 15) is 0 Å². The van der Waals surface area contributed by atoms with Gasteiger partial charge in [0, 0.05) is 39.0 Å². The zero-order valence-corrected chi connectivity index (χ0v) is 11.2. The standard InChI is InChI=1S/C16H18N2O/c1-19-14-3-2-13-6-9-18-8-5-12-11-17-7-4-15(12)16(13,18)10-14/h2-4,6-7,11,14H,5,8-10H2,1H3/t14-,16-/m0/s1. The Hall–Kier alpha value is -1.45. The van der Waals surface area contributed by atoms with E-state index in [2.05, 4.69) is 34.2 Å². The quantitative estimate of drug-likeness (QED) is 0.767. The van der Waals surface area contributed by atoms with Crippen molar-refractivity contribution in [1.29, 1.82) is 0 Å². The molecule has 1 aliphatic carbocycles.